The van der Waals surface area contributed by atoms with Crippen molar-refractivity contribution >= 4 is 29.3 Å². The van der Waals surface area contributed by atoms with Gasteiger partial charge < -0.3 is 9.84 Å². The van der Waals surface area contributed by atoms with Crippen molar-refractivity contribution in [1.82, 2.24) is 14.6 Å². The van der Waals surface area contributed by atoms with E-state index in [-0.39, 0.29) is 17.8 Å². The normalized spacial score (nSPS) is 13.4. The van der Waals surface area contributed by atoms with E-state index in [1.54, 1.807) is 43.5 Å². The molecular formula is C18H17N5O4. The maximum absolute atomic E-state index is 11.8. The standard InChI is InChI=1S/C18H17N5O4/c1-10-2-5-12(8-14(10)19-18(25)26)27-13-6-7-15-20-17(22-23(15)9-13)21-16(24)11-3-4-11/h2,5-9,11,19H,3-4H2,1H3,(H,25,26)(H,21,22,24). The van der Waals surface area contributed by atoms with Crippen LogP contribution in [-0.2, 0) is 4.79 Å². The minimum Gasteiger partial charge on any atom is -0.465 e. The smallest absolute Gasteiger partial charge is 0.409 e. The van der Waals surface area contributed by atoms with Crippen LogP contribution in [0.3, 0.4) is 0 Å². The first-order valence-electron chi connectivity index (χ1n) is 8.44. The molecule has 1 fully saturated rings. The summed E-state index contributed by atoms with van der Waals surface area (Å²) in [5.41, 5.74) is 1.81. The highest BCUT2D eigenvalue weighted by Gasteiger charge is 2.30. The summed E-state index contributed by atoms with van der Waals surface area (Å²) in [6.07, 6.45) is 2.32. The molecule has 9 heteroatoms. The molecule has 2 aromatic heterocycles. The van der Waals surface area contributed by atoms with Crippen LogP contribution in [0.25, 0.3) is 5.65 Å². The van der Waals surface area contributed by atoms with E-state index in [0.29, 0.717) is 22.8 Å². The number of hydrogen-bond acceptors (Lipinski definition) is 5. The second-order valence-corrected chi connectivity index (χ2v) is 6.38. The number of carbonyl (C=O) groups excluding carboxylic acids is 1. The first-order chi connectivity index (χ1) is 13.0. The topological polar surface area (TPSA) is 118 Å². The molecular weight excluding hydrogens is 350 g/mol. The molecule has 1 saturated carbocycles. The molecule has 0 atom stereocenters. The van der Waals surface area contributed by atoms with E-state index < -0.39 is 6.09 Å². The number of rotatable bonds is 5. The van der Waals surface area contributed by atoms with Crippen molar-refractivity contribution in [3.8, 4) is 11.5 Å². The van der Waals surface area contributed by atoms with Gasteiger partial charge in [0.1, 0.15) is 11.5 Å². The predicted molar refractivity (Wildman–Crippen MR) is 97.2 cm³/mol. The fourth-order valence-electron chi connectivity index (χ4n) is 2.59. The van der Waals surface area contributed by atoms with Gasteiger partial charge in [0.2, 0.25) is 11.9 Å². The van der Waals surface area contributed by atoms with Crippen LogP contribution in [0.1, 0.15) is 18.4 Å². The number of aryl methyl sites for hydroxylation is 1. The molecule has 138 valence electrons. The van der Waals surface area contributed by atoms with E-state index in [9.17, 15) is 9.59 Å². The highest BCUT2D eigenvalue weighted by Crippen LogP contribution is 2.30. The lowest BCUT2D eigenvalue weighted by atomic mass is 10.2. The quantitative estimate of drug-likeness (QED) is 0.637. The Balaban J connectivity index is 1.53. The van der Waals surface area contributed by atoms with Crippen molar-refractivity contribution in [2.24, 2.45) is 5.92 Å². The molecule has 27 heavy (non-hydrogen) atoms. The van der Waals surface area contributed by atoms with Crippen LogP contribution in [-0.4, -0.2) is 31.7 Å². The van der Waals surface area contributed by atoms with Crippen LogP contribution in [0, 0.1) is 12.8 Å². The number of ether oxygens (including phenoxy) is 1. The average molecular weight is 367 g/mol. The van der Waals surface area contributed by atoms with Crippen molar-refractivity contribution in [2.45, 2.75) is 19.8 Å². The summed E-state index contributed by atoms with van der Waals surface area (Å²) < 4.78 is 7.31. The summed E-state index contributed by atoms with van der Waals surface area (Å²) in [5.74, 6) is 1.25. The van der Waals surface area contributed by atoms with Gasteiger partial charge in [-0.1, -0.05) is 6.07 Å². The van der Waals surface area contributed by atoms with Gasteiger partial charge in [0.15, 0.2) is 5.65 Å². The molecule has 0 saturated heterocycles. The molecule has 0 radical (unpaired) electrons. The van der Waals surface area contributed by atoms with Gasteiger partial charge >= 0.3 is 6.09 Å². The molecule has 2 heterocycles. The number of benzene rings is 1. The third-order valence-electron chi connectivity index (χ3n) is 4.17. The van der Waals surface area contributed by atoms with E-state index in [2.05, 4.69) is 20.7 Å². The summed E-state index contributed by atoms with van der Waals surface area (Å²) in [7, 11) is 0. The van der Waals surface area contributed by atoms with Gasteiger partial charge in [-0.2, -0.15) is 4.98 Å². The number of amides is 2. The zero-order valence-electron chi connectivity index (χ0n) is 14.5. The first kappa shape index (κ1) is 16.8. The number of fused-ring (bicyclic) bond motifs is 1. The number of hydrogen-bond donors (Lipinski definition) is 3. The van der Waals surface area contributed by atoms with Crippen LogP contribution >= 0.6 is 0 Å². The number of carboxylic acid groups (broad SMARTS) is 1. The summed E-state index contributed by atoms with van der Waals surface area (Å²) in [6.45, 7) is 1.80. The fraction of sp³-hybridized carbons (Fsp3) is 0.222. The van der Waals surface area contributed by atoms with Gasteiger partial charge in [-0.05, 0) is 43.5 Å². The molecule has 0 spiro atoms. The van der Waals surface area contributed by atoms with Gasteiger partial charge in [-0.3, -0.25) is 15.4 Å². The highest BCUT2D eigenvalue weighted by atomic mass is 16.5. The SMILES string of the molecule is Cc1ccc(Oc2ccc3nc(NC(=O)C4CC4)nn3c2)cc1NC(=O)O. The van der Waals surface area contributed by atoms with Crippen molar-refractivity contribution in [3.63, 3.8) is 0 Å². The Kier molecular flexibility index (Phi) is 4.11. The van der Waals surface area contributed by atoms with Crippen molar-refractivity contribution in [1.29, 1.82) is 0 Å². The molecule has 1 aliphatic carbocycles. The Morgan fingerprint density at radius 3 is 2.70 bits per heavy atom. The molecule has 9 nitrogen and oxygen atoms in total. The number of aromatic nitrogens is 3. The van der Waals surface area contributed by atoms with E-state index in [0.717, 1.165) is 18.4 Å². The van der Waals surface area contributed by atoms with Gasteiger partial charge in [-0.25, -0.2) is 9.31 Å². The average Bonchev–Trinajstić information content (AvgIpc) is 3.39. The minimum atomic E-state index is -1.14. The zero-order chi connectivity index (χ0) is 19.0. The van der Waals surface area contributed by atoms with Gasteiger partial charge in [0.25, 0.3) is 0 Å². The third-order valence-corrected chi connectivity index (χ3v) is 4.17. The van der Waals surface area contributed by atoms with Gasteiger partial charge in [0, 0.05) is 12.0 Å². The zero-order valence-corrected chi connectivity index (χ0v) is 14.5. The van der Waals surface area contributed by atoms with Crippen molar-refractivity contribution < 1.29 is 19.4 Å². The molecule has 1 aliphatic rings. The Bertz CT molecular complexity index is 1040. The highest BCUT2D eigenvalue weighted by molar-refractivity contribution is 5.92. The Labute approximate surface area is 154 Å². The Morgan fingerprint density at radius 1 is 1.19 bits per heavy atom. The molecule has 0 aliphatic heterocycles. The number of anilines is 2. The fourth-order valence-corrected chi connectivity index (χ4v) is 2.59. The van der Waals surface area contributed by atoms with Crippen LogP contribution in [0.4, 0.5) is 16.4 Å². The van der Waals surface area contributed by atoms with Crippen molar-refractivity contribution in [2.75, 3.05) is 10.6 Å². The summed E-state index contributed by atoms with van der Waals surface area (Å²) in [4.78, 5) is 26.9. The summed E-state index contributed by atoms with van der Waals surface area (Å²) in [5, 5.41) is 18.2. The lowest BCUT2D eigenvalue weighted by Gasteiger charge is -2.10. The maximum Gasteiger partial charge on any atom is 0.409 e. The lowest BCUT2D eigenvalue weighted by molar-refractivity contribution is -0.117. The van der Waals surface area contributed by atoms with E-state index in [1.807, 2.05) is 0 Å². The molecule has 4 rings (SSSR count). The number of pyridine rings is 1. The Morgan fingerprint density at radius 2 is 1.96 bits per heavy atom. The first-order valence-corrected chi connectivity index (χ1v) is 8.44. The number of carbonyl (C=O) groups is 2. The van der Waals surface area contributed by atoms with Crippen LogP contribution < -0.4 is 15.4 Å². The molecule has 2 amide bonds. The van der Waals surface area contributed by atoms with Gasteiger partial charge in [-0.15, -0.1) is 5.10 Å². The Hall–Kier alpha value is -3.62. The van der Waals surface area contributed by atoms with E-state index >= 15 is 0 Å². The lowest BCUT2D eigenvalue weighted by Crippen LogP contribution is -2.14. The van der Waals surface area contributed by atoms with E-state index in [4.69, 9.17) is 9.84 Å². The molecule has 0 bridgehead atoms. The molecule has 3 aromatic rings. The third kappa shape index (κ3) is 3.81. The molecule has 3 N–H and O–H groups in total. The predicted octanol–water partition coefficient (Wildman–Crippen LogP) is 3.27. The van der Waals surface area contributed by atoms with E-state index in [1.165, 1.54) is 4.52 Å². The monoisotopic (exact) mass is 367 g/mol. The van der Waals surface area contributed by atoms with Crippen LogP contribution in [0.15, 0.2) is 36.5 Å². The number of nitrogens with zero attached hydrogens (tertiary/aromatic N) is 3. The van der Waals surface area contributed by atoms with Crippen molar-refractivity contribution in [3.05, 3.63) is 42.1 Å². The molecule has 0 unspecified atom stereocenters. The molecule has 1 aromatic carbocycles. The summed E-state index contributed by atoms with van der Waals surface area (Å²) >= 11 is 0. The number of nitrogens with one attached hydrogen (secondary N) is 2. The van der Waals surface area contributed by atoms with Crippen LogP contribution in [0.5, 0.6) is 11.5 Å². The van der Waals surface area contributed by atoms with Gasteiger partial charge in [0.05, 0.1) is 11.9 Å². The maximum atomic E-state index is 11.8. The largest absolute Gasteiger partial charge is 0.465 e. The summed E-state index contributed by atoms with van der Waals surface area (Å²) in [6, 6.07) is 8.56. The second-order valence-electron chi connectivity index (χ2n) is 6.38. The second kappa shape index (κ2) is 6.60. The minimum absolute atomic E-state index is 0.0551. The van der Waals surface area contributed by atoms with Crippen LogP contribution in [0.2, 0.25) is 0 Å².